The number of rotatable bonds is 6. The van der Waals surface area contributed by atoms with Crippen molar-refractivity contribution in [1.82, 2.24) is 20.2 Å². The Hall–Kier alpha value is -1.85. The molecule has 2 heterocycles. The number of nitrogens with one attached hydrogen (secondary N) is 2. The van der Waals surface area contributed by atoms with Gasteiger partial charge in [-0.3, -0.25) is 9.59 Å². The summed E-state index contributed by atoms with van der Waals surface area (Å²) in [6.45, 7) is 3.98. The maximum absolute atomic E-state index is 12.5. The Bertz CT molecular complexity index is 592. The monoisotopic (exact) mass is 346 g/mol. The van der Waals surface area contributed by atoms with E-state index in [9.17, 15) is 9.59 Å². The van der Waals surface area contributed by atoms with Gasteiger partial charge in [0.25, 0.3) is 0 Å². The largest absolute Gasteiger partial charge is 0.355 e. The predicted molar refractivity (Wildman–Crippen MR) is 95.9 cm³/mol. The molecule has 6 heteroatoms. The minimum Gasteiger partial charge on any atom is -0.355 e. The van der Waals surface area contributed by atoms with Gasteiger partial charge in [0.15, 0.2) is 0 Å². The van der Waals surface area contributed by atoms with Gasteiger partial charge in [0.1, 0.15) is 5.82 Å². The van der Waals surface area contributed by atoms with E-state index in [1.165, 1.54) is 32.1 Å². The fourth-order valence-electron chi connectivity index (χ4n) is 4.03. The topological polar surface area (TPSA) is 78.1 Å². The first-order chi connectivity index (χ1) is 12.1. The van der Waals surface area contributed by atoms with Gasteiger partial charge in [-0.25, -0.2) is 4.98 Å². The van der Waals surface area contributed by atoms with E-state index in [1.807, 2.05) is 11.8 Å². The Balaban J connectivity index is 1.44. The summed E-state index contributed by atoms with van der Waals surface area (Å²) in [6, 6.07) is 0. The molecule has 1 aliphatic carbocycles. The highest BCUT2D eigenvalue weighted by atomic mass is 16.2. The van der Waals surface area contributed by atoms with Crippen molar-refractivity contribution in [2.24, 2.45) is 11.8 Å². The standard InChI is InChI=1S/C19H30N4O2/c1-14-11-21-17(22-14)9-10-20-19(25)16-7-8-18(24)23(13-16)12-15-5-3-2-4-6-15/h11,15-16H,2-10,12-13H2,1H3,(H,20,25)(H,21,22)/t16-/m0/s1. The number of aryl methyl sites for hydroxylation is 1. The summed E-state index contributed by atoms with van der Waals surface area (Å²) in [5, 5.41) is 3.01. The lowest BCUT2D eigenvalue weighted by Gasteiger charge is -2.35. The quantitative estimate of drug-likeness (QED) is 0.829. The molecule has 0 radical (unpaired) electrons. The Morgan fingerprint density at radius 3 is 2.84 bits per heavy atom. The molecular weight excluding hydrogens is 316 g/mol. The number of hydrogen-bond acceptors (Lipinski definition) is 3. The molecule has 138 valence electrons. The van der Waals surface area contributed by atoms with E-state index in [0.29, 0.717) is 38.3 Å². The maximum Gasteiger partial charge on any atom is 0.224 e. The van der Waals surface area contributed by atoms with Gasteiger partial charge >= 0.3 is 0 Å². The van der Waals surface area contributed by atoms with Gasteiger partial charge in [-0.1, -0.05) is 19.3 Å². The van der Waals surface area contributed by atoms with Crippen LogP contribution < -0.4 is 5.32 Å². The second-order valence-corrected chi connectivity index (χ2v) is 7.59. The van der Waals surface area contributed by atoms with Gasteiger partial charge < -0.3 is 15.2 Å². The lowest BCUT2D eigenvalue weighted by atomic mass is 9.87. The third kappa shape index (κ3) is 5.06. The van der Waals surface area contributed by atoms with E-state index in [4.69, 9.17) is 0 Å². The van der Waals surface area contributed by atoms with E-state index in [0.717, 1.165) is 18.1 Å². The summed E-state index contributed by atoms with van der Waals surface area (Å²) in [6.07, 6.45) is 10.0. The average molecular weight is 346 g/mol. The zero-order valence-corrected chi connectivity index (χ0v) is 15.2. The van der Waals surface area contributed by atoms with Crippen molar-refractivity contribution in [2.75, 3.05) is 19.6 Å². The van der Waals surface area contributed by atoms with Crippen LogP contribution in [-0.2, 0) is 16.0 Å². The third-order valence-electron chi connectivity index (χ3n) is 5.49. The number of imidazole rings is 1. The summed E-state index contributed by atoms with van der Waals surface area (Å²) >= 11 is 0. The van der Waals surface area contributed by atoms with Crippen molar-refractivity contribution in [3.05, 3.63) is 17.7 Å². The van der Waals surface area contributed by atoms with Crippen molar-refractivity contribution < 1.29 is 9.59 Å². The Morgan fingerprint density at radius 1 is 1.32 bits per heavy atom. The summed E-state index contributed by atoms with van der Waals surface area (Å²) in [4.78, 5) is 34.0. The second kappa shape index (κ2) is 8.50. The van der Waals surface area contributed by atoms with Crippen LogP contribution in [0.4, 0.5) is 0 Å². The van der Waals surface area contributed by atoms with Crippen molar-refractivity contribution in [1.29, 1.82) is 0 Å². The molecule has 2 fully saturated rings. The molecule has 1 atom stereocenters. The van der Waals surface area contributed by atoms with Crippen LogP contribution in [0.2, 0.25) is 0 Å². The van der Waals surface area contributed by atoms with Crippen LogP contribution in [-0.4, -0.2) is 46.3 Å². The van der Waals surface area contributed by atoms with E-state index in [2.05, 4.69) is 15.3 Å². The Kier molecular flexibility index (Phi) is 6.10. The number of carbonyl (C=O) groups is 2. The van der Waals surface area contributed by atoms with Crippen LogP contribution in [0.3, 0.4) is 0 Å². The van der Waals surface area contributed by atoms with Crippen molar-refractivity contribution in [2.45, 2.75) is 58.3 Å². The van der Waals surface area contributed by atoms with Crippen LogP contribution >= 0.6 is 0 Å². The van der Waals surface area contributed by atoms with Gasteiger partial charge in [-0.05, 0) is 32.1 Å². The molecule has 2 N–H and O–H groups in total. The van der Waals surface area contributed by atoms with E-state index in [-0.39, 0.29) is 17.7 Å². The molecule has 0 aromatic carbocycles. The van der Waals surface area contributed by atoms with Crippen LogP contribution in [0, 0.1) is 18.8 Å². The molecule has 25 heavy (non-hydrogen) atoms. The third-order valence-corrected chi connectivity index (χ3v) is 5.49. The number of piperidine rings is 1. The molecule has 0 unspecified atom stereocenters. The highest BCUT2D eigenvalue weighted by molar-refractivity contribution is 5.83. The Morgan fingerprint density at radius 2 is 2.12 bits per heavy atom. The molecule has 1 aromatic rings. The number of aromatic nitrogens is 2. The lowest BCUT2D eigenvalue weighted by Crippen LogP contribution is -2.47. The average Bonchev–Trinajstić information content (AvgIpc) is 3.03. The number of nitrogens with zero attached hydrogens (tertiary/aromatic N) is 2. The van der Waals surface area contributed by atoms with E-state index in [1.54, 1.807) is 6.20 Å². The molecular formula is C19H30N4O2. The molecule has 2 amide bonds. The van der Waals surface area contributed by atoms with Gasteiger partial charge in [-0.15, -0.1) is 0 Å². The number of aromatic amines is 1. The number of carbonyl (C=O) groups excluding carboxylic acids is 2. The zero-order valence-electron chi connectivity index (χ0n) is 15.2. The molecule has 2 aliphatic rings. The number of likely N-dealkylation sites (tertiary alicyclic amines) is 1. The first kappa shape index (κ1) is 18.0. The number of hydrogen-bond donors (Lipinski definition) is 2. The van der Waals surface area contributed by atoms with Gasteiger partial charge in [0.2, 0.25) is 11.8 Å². The van der Waals surface area contributed by atoms with Crippen molar-refractivity contribution >= 4 is 11.8 Å². The number of amides is 2. The van der Waals surface area contributed by atoms with Crippen molar-refractivity contribution in [3.8, 4) is 0 Å². The number of H-pyrrole nitrogens is 1. The second-order valence-electron chi connectivity index (χ2n) is 7.59. The maximum atomic E-state index is 12.5. The predicted octanol–water partition coefficient (Wildman–Crippen LogP) is 2.20. The highest BCUT2D eigenvalue weighted by Gasteiger charge is 2.31. The van der Waals surface area contributed by atoms with Gasteiger partial charge in [0.05, 0.1) is 5.92 Å². The van der Waals surface area contributed by atoms with Crippen LogP contribution in [0.1, 0.15) is 56.5 Å². The fraction of sp³-hybridized carbons (Fsp3) is 0.737. The SMILES string of the molecule is Cc1cnc(CCNC(=O)[C@H]2CCC(=O)N(CC3CCCCC3)C2)[nH]1. The molecule has 0 spiro atoms. The van der Waals surface area contributed by atoms with Crippen molar-refractivity contribution in [3.63, 3.8) is 0 Å². The molecule has 0 bridgehead atoms. The van der Waals surface area contributed by atoms with Crippen LogP contribution in [0.15, 0.2) is 6.20 Å². The summed E-state index contributed by atoms with van der Waals surface area (Å²) in [5.41, 5.74) is 1.03. The molecule has 1 aromatic heterocycles. The Labute approximate surface area is 149 Å². The molecule has 1 saturated heterocycles. The van der Waals surface area contributed by atoms with E-state index >= 15 is 0 Å². The molecule has 6 nitrogen and oxygen atoms in total. The van der Waals surface area contributed by atoms with Gasteiger partial charge in [-0.2, -0.15) is 0 Å². The highest BCUT2D eigenvalue weighted by Crippen LogP contribution is 2.27. The van der Waals surface area contributed by atoms with Crippen LogP contribution in [0.5, 0.6) is 0 Å². The fourth-order valence-corrected chi connectivity index (χ4v) is 4.03. The molecule has 1 saturated carbocycles. The van der Waals surface area contributed by atoms with Gasteiger partial charge in [0, 0.05) is 44.4 Å². The van der Waals surface area contributed by atoms with E-state index < -0.39 is 0 Å². The van der Waals surface area contributed by atoms with Crippen LogP contribution in [0.25, 0.3) is 0 Å². The molecule has 1 aliphatic heterocycles. The minimum absolute atomic E-state index is 0.0698. The summed E-state index contributed by atoms with van der Waals surface area (Å²) in [5.74, 6) is 1.75. The first-order valence-electron chi connectivity index (χ1n) is 9.68. The normalized spacial score (nSPS) is 22.2. The summed E-state index contributed by atoms with van der Waals surface area (Å²) < 4.78 is 0. The lowest BCUT2D eigenvalue weighted by molar-refractivity contribution is -0.139. The summed E-state index contributed by atoms with van der Waals surface area (Å²) in [7, 11) is 0. The molecule has 3 rings (SSSR count). The zero-order chi connectivity index (χ0) is 17.6. The minimum atomic E-state index is -0.0698. The smallest absolute Gasteiger partial charge is 0.224 e. The first-order valence-corrected chi connectivity index (χ1v) is 9.68.